The molecule has 17 heteroatoms. The first-order valence-corrected chi connectivity index (χ1v) is 17.2. The van der Waals surface area contributed by atoms with Crippen molar-refractivity contribution in [1.82, 2.24) is 20.9 Å². The number of halogens is 3. The lowest BCUT2D eigenvalue weighted by atomic mass is 9.94. The summed E-state index contributed by atoms with van der Waals surface area (Å²) in [7, 11) is 1.39. The second kappa shape index (κ2) is 22.4. The molecule has 290 valence electrons. The number of ether oxygens (including phenoxy) is 1. The number of hydrogen-bond donors (Lipinski definition) is 6. The Hall–Kier alpha value is -3.47. The molecule has 8 atom stereocenters. The molecule has 0 aliphatic heterocycles. The van der Waals surface area contributed by atoms with Crippen molar-refractivity contribution in [2.24, 2.45) is 35.1 Å². The molecule has 0 aromatic heterocycles. The summed E-state index contributed by atoms with van der Waals surface area (Å²) in [6.45, 7) is 10.7. The fourth-order valence-electron chi connectivity index (χ4n) is 4.99. The van der Waals surface area contributed by atoms with Crippen molar-refractivity contribution >= 4 is 35.5 Å². The van der Waals surface area contributed by atoms with Crippen LogP contribution < -0.4 is 27.4 Å². The van der Waals surface area contributed by atoms with E-state index in [-0.39, 0.29) is 44.6 Å². The van der Waals surface area contributed by atoms with Crippen LogP contribution in [0.1, 0.15) is 93.4 Å². The molecular weight excluding hydrogens is 665 g/mol. The molecule has 50 heavy (non-hydrogen) atoms. The van der Waals surface area contributed by atoms with Crippen LogP contribution in [0.25, 0.3) is 0 Å². The first-order valence-electron chi connectivity index (χ1n) is 17.2. The van der Waals surface area contributed by atoms with Gasteiger partial charge in [-0.3, -0.25) is 28.8 Å². The highest BCUT2D eigenvalue weighted by Crippen LogP contribution is 2.25. The number of nitrogens with zero attached hydrogens (tertiary/aromatic N) is 1. The molecule has 0 spiro atoms. The SMILES string of the molecule is CC[C@@H](C)[C@H](NC(=O)[C@H](CC(C)C)N(C)C(=O)[C@H](C)[C@@H](CCCCCC(F)(F)F)OC(=O)CNC(=O)[C@@H](C)[C@H](C)O)C(=O)N[C@@H](CN)C(N)=O. The average Bonchev–Trinajstić information content (AvgIpc) is 3.03. The third-order valence-corrected chi connectivity index (χ3v) is 8.72. The Labute approximate surface area is 293 Å². The van der Waals surface area contributed by atoms with Crippen molar-refractivity contribution in [1.29, 1.82) is 0 Å². The number of hydrogen-bond acceptors (Lipinski definition) is 9. The van der Waals surface area contributed by atoms with Gasteiger partial charge >= 0.3 is 12.1 Å². The van der Waals surface area contributed by atoms with E-state index in [9.17, 15) is 47.0 Å². The molecule has 0 saturated heterocycles. The Morgan fingerprint density at radius 1 is 0.880 bits per heavy atom. The Balaban J connectivity index is 6.13. The molecule has 8 N–H and O–H groups in total. The maximum atomic E-state index is 13.9. The lowest BCUT2D eigenvalue weighted by Crippen LogP contribution is -2.60. The molecule has 0 aromatic carbocycles. The fourth-order valence-corrected chi connectivity index (χ4v) is 4.99. The Bertz CT molecular complexity index is 1120. The van der Waals surface area contributed by atoms with Gasteiger partial charge in [0.25, 0.3) is 0 Å². The topological polar surface area (TPSA) is 223 Å². The third-order valence-electron chi connectivity index (χ3n) is 8.72. The van der Waals surface area contributed by atoms with E-state index < -0.39 is 103 Å². The number of likely N-dealkylation sites (N-methyl/N-ethyl adjacent to an activating group) is 1. The van der Waals surface area contributed by atoms with Crippen LogP contribution in [0.15, 0.2) is 0 Å². The summed E-state index contributed by atoms with van der Waals surface area (Å²) in [6, 6.07) is -3.35. The summed E-state index contributed by atoms with van der Waals surface area (Å²) < 4.78 is 43.6. The van der Waals surface area contributed by atoms with E-state index in [1.807, 2.05) is 13.8 Å². The van der Waals surface area contributed by atoms with Gasteiger partial charge in [-0.1, -0.05) is 54.4 Å². The van der Waals surface area contributed by atoms with E-state index in [1.54, 1.807) is 13.8 Å². The highest BCUT2D eigenvalue weighted by atomic mass is 19.4. The van der Waals surface area contributed by atoms with Gasteiger partial charge in [0, 0.05) is 20.0 Å². The molecule has 0 heterocycles. The molecule has 0 radical (unpaired) electrons. The number of rotatable bonds is 23. The molecule has 0 saturated carbocycles. The summed E-state index contributed by atoms with van der Waals surface area (Å²) in [5.74, 6) is -6.66. The smallest absolute Gasteiger partial charge is 0.389 e. The van der Waals surface area contributed by atoms with Gasteiger partial charge in [-0.15, -0.1) is 0 Å². The number of unbranched alkanes of at least 4 members (excludes halogenated alkanes) is 2. The average molecular weight is 725 g/mol. The number of nitrogens with two attached hydrogens (primary N) is 2. The number of carbonyl (C=O) groups excluding carboxylic acids is 6. The van der Waals surface area contributed by atoms with Crippen molar-refractivity contribution in [3.63, 3.8) is 0 Å². The normalized spacial score (nSPS) is 16.5. The number of amides is 5. The van der Waals surface area contributed by atoms with Crippen LogP contribution >= 0.6 is 0 Å². The van der Waals surface area contributed by atoms with E-state index in [4.69, 9.17) is 16.2 Å². The number of nitrogens with one attached hydrogen (secondary N) is 3. The zero-order valence-corrected chi connectivity index (χ0v) is 30.6. The molecule has 0 aliphatic carbocycles. The molecule has 5 amide bonds. The Morgan fingerprint density at radius 3 is 1.96 bits per heavy atom. The van der Waals surface area contributed by atoms with Crippen LogP contribution in [0.2, 0.25) is 0 Å². The van der Waals surface area contributed by atoms with Gasteiger partial charge in [-0.25, -0.2) is 0 Å². The fraction of sp³-hybridized carbons (Fsp3) is 0.818. The number of primary amides is 1. The highest BCUT2D eigenvalue weighted by molar-refractivity contribution is 5.94. The van der Waals surface area contributed by atoms with Crippen molar-refractivity contribution in [3.8, 4) is 0 Å². The standard InChI is InChI=1S/C33H59F3N6O8/c1-9-19(4)27(31(48)40-23(16-37)28(38)45)41-30(47)24(15-18(2)3)42(8)32(49)21(6)25(13-11-10-12-14-33(34,35)36)50-26(44)17-39-29(46)20(5)22(7)43/h18-25,27,43H,9-17,37H2,1-8H3,(H2,38,45)(H,39,46)(H,40,48)(H,41,47)/t19-,20+,21-,22+,23+,24+,25-,27+/m1/s1. The van der Waals surface area contributed by atoms with Crippen LogP contribution in [0.3, 0.4) is 0 Å². The summed E-state index contributed by atoms with van der Waals surface area (Å²) in [4.78, 5) is 78.6. The first kappa shape index (κ1) is 46.5. The maximum absolute atomic E-state index is 13.9. The highest BCUT2D eigenvalue weighted by Gasteiger charge is 2.37. The Kier molecular flexibility index (Phi) is 20.8. The number of alkyl halides is 3. The van der Waals surface area contributed by atoms with Crippen LogP contribution in [0, 0.1) is 23.7 Å². The molecular formula is C33H59F3N6O8. The first-order chi connectivity index (χ1) is 23.1. The number of aliphatic hydroxyl groups excluding tert-OH is 1. The predicted molar refractivity (Wildman–Crippen MR) is 180 cm³/mol. The van der Waals surface area contributed by atoms with Crippen LogP contribution in [0.5, 0.6) is 0 Å². The molecule has 0 unspecified atom stereocenters. The maximum Gasteiger partial charge on any atom is 0.389 e. The summed E-state index contributed by atoms with van der Waals surface area (Å²) >= 11 is 0. The second-order valence-corrected chi connectivity index (χ2v) is 13.4. The predicted octanol–water partition coefficient (Wildman–Crippen LogP) is 1.51. The number of esters is 1. The van der Waals surface area contributed by atoms with Gasteiger partial charge in [-0.2, -0.15) is 13.2 Å². The summed E-state index contributed by atoms with van der Waals surface area (Å²) in [6.07, 6.45) is -6.55. The van der Waals surface area contributed by atoms with Crippen molar-refractivity contribution in [3.05, 3.63) is 0 Å². The summed E-state index contributed by atoms with van der Waals surface area (Å²) in [5, 5.41) is 17.2. The largest absolute Gasteiger partial charge is 0.460 e. The number of aliphatic hydroxyl groups is 1. The third kappa shape index (κ3) is 17.0. The van der Waals surface area contributed by atoms with Gasteiger partial charge in [0.05, 0.1) is 17.9 Å². The quantitative estimate of drug-likeness (QED) is 0.0663. The summed E-state index contributed by atoms with van der Waals surface area (Å²) in [5.41, 5.74) is 10.9. The van der Waals surface area contributed by atoms with E-state index in [0.717, 1.165) is 0 Å². The second-order valence-electron chi connectivity index (χ2n) is 13.4. The van der Waals surface area contributed by atoms with Crippen LogP contribution in [-0.2, 0) is 33.5 Å². The van der Waals surface area contributed by atoms with Gasteiger partial charge in [0.1, 0.15) is 30.8 Å². The molecule has 0 aromatic rings. The minimum absolute atomic E-state index is 0.0296. The van der Waals surface area contributed by atoms with E-state index in [2.05, 4.69) is 16.0 Å². The molecule has 0 fully saturated rings. The lowest BCUT2D eigenvalue weighted by Gasteiger charge is -2.34. The van der Waals surface area contributed by atoms with Crippen molar-refractivity contribution in [2.45, 2.75) is 130 Å². The van der Waals surface area contributed by atoms with Gasteiger partial charge in [-0.05, 0) is 44.4 Å². The molecule has 0 bridgehead atoms. The Morgan fingerprint density at radius 2 is 1.48 bits per heavy atom. The molecule has 14 nitrogen and oxygen atoms in total. The van der Waals surface area contributed by atoms with E-state index in [0.29, 0.717) is 6.42 Å². The van der Waals surface area contributed by atoms with Gasteiger partial charge in [0.2, 0.25) is 29.5 Å². The minimum Gasteiger partial charge on any atom is -0.460 e. The van der Waals surface area contributed by atoms with Crippen LogP contribution in [-0.4, -0.2) is 102 Å². The van der Waals surface area contributed by atoms with E-state index in [1.165, 1.54) is 32.7 Å². The van der Waals surface area contributed by atoms with E-state index >= 15 is 0 Å². The zero-order chi connectivity index (χ0) is 38.9. The van der Waals surface area contributed by atoms with Crippen LogP contribution in [0.4, 0.5) is 13.2 Å². The molecule has 0 rings (SSSR count). The zero-order valence-electron chi connectivity index (χ0n) is 30.6. The van der Waals surface area contributed by atoms with Crippen molar-refractivity contribution in [2.75, 3.05) is 20.1 Å². The number of carbonyl (C=O) groups is 6. The van der Waals surface area contributed by atoms with Gasteiger partial charge in [0.15, 0.2) is 0 Å². The minimum atomic E-state index is -4.33. The van der Waals surface area contributed by atoms with Gasteiger partial charge < -0.3 is 42.2 Å². The van der Waals surface area contributed by atoms with Crippen molar-refractivity contribution < 1.29 is 51.8 Å². The lowest BCUT2D eigenvalue weighted by molar-refractivity contribution is -0.158. The molecule has 0 aliphatic rings. The monoisotopic (exact) mass is 724 g/mol.